The highest BCUT2D eigenvalue weighted by Crippen LogP contribution is 2.33. The molecule has 0 radical (unpaired) electrons. The minimum atomic E-state index is -4.94. The standard InChI is InChI=1S/C12H11F4NO4S/c13-9-6-7(3-4-8(9)12(14,15)16)22(20,21)17-5-1-2-10(17)11(18)19/h3-4,6,10H,1-2,5H2,(H,18,19). The van der Waals surface area contributed by atoms with Crippen LogP contribution in [0.2, 0.25) is 0 Å². The van der Waals surface area contributed by atoms with Crippen LogP contribution in [0.25, 0.3) is 0 Å². The molecular formula is C12H11F4NO4S. The number of hydrogen-bond donors (Lipinski definition) is 1. The first-order valence-corrected chi connectivity index (χ1v) is 7.60. The maximum Gasteiger partial charge on any atom is 0.419 e. The fourth-order valence-electron chi connectivity index (χ4n) is 2.30. The average Bonchev–Trinajstić information content (AvgIpc) is 2.86. The molecular weight excluding hydrogens is 330 g/mol. The van der Waals surface area contributed by atoms with Crippen molar-refractivity contribution >= 4 is 16.0 Å². The van der Waals surface area contributed by atoms with Crippen molar-refractivity contribution in [3.63, 3.8) is 0 Å². The summed E-state index contributed by atoms with van der Waals surface area (Å²) in [5.74, 6) is -3.08. The van der Waals surface area contributed by atoms with Gasteiger partial charge in [0.15, 0.2) is 0 Å². The van der Waals surface area contributed by atoms with Crippen LogP contribution in [-0.2, 0) is 21.0 Å². The van der Waals surface area contributed by atoms with E-state index in [2.05, 4.69) is 0 Å². The van der Waals surface area contributed by atoms with Gasteiger partial charge in [-0.25, -0.2) is 12.8 Å². The summed E-state index contributed by atoms with van der Waals surface area (Å²) in [5, 5.41) is 8.97. The molecule has 0 aliphatic carbocycles. The molecule has 0 aromatic heterocycles. The molecule has 22 heavy (non-hydrogen) atoms. The van der Waals surface area contributed by atoms with E-state index >= 15 is 0 Å². The summed E-state index contributed by atoms with van der Waals surface area (Å²) in [4.78, 5) is 10.3. The van der Waals surface area contributed by atoms with Gasteiger partial charge in [-0.05, 0) is 31.0 Å². The van der Waals surface area contributed by atoms with Gasteiger partial charge in [0.05, 0.1) is 10.5 Å². The summed E-state index contributed by atoms with van der Waals surface area (Å²) in [6.07, 6.45) is -4.54. The zero-order valence-electron chi connectivity index (χ0n) is 11.0. The lowest BCUT2D eigenvalue weighted by Crippen LogP contribution is -2.40. The van der Waals surface area contributed by atoms with Crippen molar-refractivity contribution in [1.82, 2.24) is 4.31 Å². The van der Waals surface area contributed by atoms with Gasteiger partial charge in [0.25, 0.3) is 0 Å². The Bertz CT molecular complexity index is 702. The van der Waals surface area contributed by atoms with Crippen LogP contribution in [0.15, 0.2) is 23.1 Å². The highest BCUT2D eigenvalue weighted by molar-refractivity contribution is 7.89. The molecule has 0 spiro atoms. The van der Waals surface area contributed by atoms with E-state index < -0.39 is 44.5 Å². The van der Waals surface area contributed by atoms with Gasteiger partial charge in [-0.3, -0.25) is 4.79 Å². The average molecular weight is 341 g/mol. The van der Waals surface area contributed by atoms with Crippen molar-refractivity contribution in [1.29, 1.82) is 0 Å². The quantitative estimate of drug-likeness (QED) is 0.854. The molecule has 1 atom stereocenters. The van der Waals surface area contributed by atoms with Crippen LogP contribution in [0.5, 0.6) is 0 Å². The molecule has 1 N–H and O–H groups in total. The summed E-state index contributed by atoms with van der Waals surface area (Å²) in [5.41, 5.74) is -1.58. The van der Waals surface area contributed by atoms with Gasteiger partial charge in [-0.1, -0.05) is 0 Å². The smallest absolute Gasteiger partial charge is 0.419 e. The summed E-state index contributed by atoms with van der Waals surface area (Å²) in [6, 6.07) is -0.0857. The Hall–Kier alpha value is -1.68. The molecule has 1 heterocycles. The van der Waals surface area contributed by atoms with Crippen molar-refractivity contribution in [2.45, 2.75) is 30.0 Å². The number of carboxylic acids is 1. The maximum atomic E-state index is 13.5. The largest absolute Gasteiger partial charge is 0.480 e. The van der Waals surface area contributed by atoms with E-state index in [4.69, 9.17) is 5.11 Å². The van der Waals surface area contributed by atoms with Crippen molar-refractivity contribution in [3.05, 3.63) is 29.6 Å². The molecule has 1 aliphatic heterocycles. The lowest BCUT2D eigenvalue weighted by Gasteiger charge is -2.21. The Kier molecular flexibility index (Phi) is 4.18. The number of aliphatic carboxylic acids is 1. The number of carboxylic acid groups (broad SMARTS) is 1. The highest BCUT2D eigenvalue weighted by atomic mass is 32.2. The number of carbonyl (C=O) groups is 1. The van der Waals surface area contributed by atoms with Crippen molar-refractivity contribution < 1.29 is 35.9 Å². The van der Waals surface area contributed by atoms with E-state index in [1.165, 1.54) is 0 Å². The SMILES string of the molecule is O=C(O)C1CCCN1S(=O)(=O)c1ccc(C(F)(F)F)c(F)c1. The first kappa shape index (κ1) is 16.7. The number of rotatable bonds is 3. The molecule has 0 amide bonds. The lowest BCUT2D eigenvalue weighted by molar-refractivity contribution is -0.141. The molecule has 5 nitrogen and oxygen atoms in total. The third kappa shape index (κ3) is 2.93. The van der Waals surface area contributed by atoms with Gasteiger partial charge < -0.3 is 5.11 Å². The fourth-order valence-corrected chi connectivity index (χ4v) is 3.96. The van der Waals surface area contributed by atoms with Gasteiger partial charge >= 0.3 is 12.1 Å². The van der Waals surface area contributed by atoms with Crippen LogP contribution in [0, 0.1) is 5.82 Å². The van der Waals surface area contributed by atoms with E-state index in [0.717, 1.165) is 0 Å². The number of halogens is 4. The number of nitrogens with zero attached hydrogens (tertiary/aromatic N) is 1. The Morgan fingerprint density at radius 1 is 1.32 bits per heavy atom. The summed E-state index contributed by atoms with van der Waals surface area (Å²) >= 11 is 0. The third-order valence-electron chi connectivity index (χ3n) is 3.34. The van der Waals surface area contributed by atoms with Gasteiger partial charge in [0.2, 0.25) is 10.0 Å². The Morgan fingerprint density at radius 2 is 1.95 bits per heavy atom. The zero-order chi connectivity index (χ0) is 16.7. The molecule has 1 unspecified atom stereocenters. The maximum absolute atomic E-state index is 13.5. The predicted molar refractivity (Wildman–Crippen MR) is 66.0 cm³/mol. The van der Waals surface area contributed by atoms with E-state index in [9.17, 15) is 30.8 Å². The van der Waals surface area contributed by atoms with Crippen molar-refractivity contribution in [3.8, 4) is 0 Å². The monoisotopic (exact) mass is 341 g/mol. The lowest BCUT2D eigenvalue weighted by atomic mass is 10.2. The van der Waals surface area contributed by atoms with Crippen LogP contribution >= 0.6 is 0 Å². The number of alkyl halides is 3. The molecule has 10 heteroatoms. The summed E-state index contributed by atoms with van der Waals surface area (Å²) in [6.45, 7) is -0.0814. The zero-order valence-corrected chi connectivity index (χ0v) is 11.8. The molecule has 1 aromatic rings. The van der Waals surface area contributed by atoms with Crippen molar-refractivity contribution in [2.24, 2.45) is 0 Å². The molecule has 1 saturated heterocycles. The summed E-state index contributed by atoms with van der Waals surface area (Å²) in [7, 11) is -4.37. The van der Waals surface area contributed by atoms with Crippen molar-refractivity contribution in [2.75, 3.05) is 6.54 Å². The normalized spacial score (nSPS) is 20.3. The van der Waals surface area contributed by atoms with Crippen LogP contribution in [0.4, 0.5) is 17.6 Å². The first-order chi connectivity index (χ1) is 10.0. The number of hydrogen-bond acceptors (Lipinski definition) is 3. The molecule has 1 fully saturated rings. The van der Waals surface area contributed by atoms with Gasteiger partial charge in [0, 0.05) is 6.54 Å². The predicted octanol–water partition coefficient (Wildman–Crippen LogP) is 2.08. The first-order valence-electron chi connectivity index (χ1n) is 6.16. The van der Waals surface area contributed by atoms with Gasteiger partial charge in [0.1, 0.15) is 11.9 Å². The second-order valence-corrected chi connectivity index (χ2v) is 6.64. The van der Waals surface area contributed by atoms with Crippen LogP contribution in [-0.4, -0.2) is 36.4 Å². The molecule has 1 aliphatic rings. The van der Waals surface area contributed by atoms with Gasteiger partial charge in [-0.2, -0.15) is 17.5 Å². The highest BCUT2D eigenvalue weighted by Gasteiger charge is 2.40. The van der Waals surface area contributed by atoms with E-state index in [1.54, 1.807) is 0 Å². The van der Waals surface area contributed by atoms with E-state index in [0.29, 0.717) is 22.9 Å². The molecule has 0 saturated carbocycles. The Balaban J connectivity index is 2.43. The van der Waals surface area contributed by atoms with Gasteiger partial charge in [-0.15, -0.1) is 0 Å². The van der Waals surface area contributed by atoms with E-state index in [-0.39, 0.29) is 19.0 Å². The molecule has 1 aromatic carbocycles. The minimum Gasteiger partial charge on any atom is -0.480 e. The van der Waals surface area contributed by atoms with Crippen LogP contribution < -0.4 is 0 Å². The summed E-state index contributed by atoms with van der Waals surface area (Å²) < 4.78 is 76.1. The minimum absolute atomic E-state index is 0.0814. The second kappa shape index (κ2) is 5.51. The number of sulfonamides is 1. The molecule has 122 valence electrons. The van der Waals surface area contributed by atoms with Crippen LogP contribution in [0.1, 0.15) is 18.4 Å². The Labute approximate surface area is 123 Å². The fraction of sp³-hybridized carbons (Fsp3) is 0.417. The second-order valence-electron chi connectivity index (χ2n) is 4.75. The van der Waals surface area contributed by atoms with Crippen LogP contribution in [0.3, 0.4) is 0 Å². The third-order valence-corrected chi connectivity index (χ3v) is 5.25. The topological polar surface area (TPSA) is 74.7 Å². The Morgan fingerprint density at radius 3 is 2.45 bits per heavy atom. The molecule has 2 rings (SSSR count). The molecule has 0 bridgehead atoms. The number of benzene rings is 1. The van der Waals surface area contributed by atoms with E-state index in [1.807, 2.05) is 0 Å².